The molecule has 7 nitrogen and oxygen atoms in total. The number of halogens is 3. The summed E-state index contributed by atoms with van der Waals surface area (Å²) in [5, 5.41) is 2.29. The molecule has 0 spiro atoms. The van der Waals surface area contributed by atoms with Crippen molar-refractivity contribution in [3.05, 3.63) is 47.7 Å². The molecule has 0 saturated heterocycles. The van der Waals surface area contributed by atoms with Crippen molar-refractivity contribution in [2.45, 2.75) is 13.1 Å². The van der Waals surface area contributed by atoms with Gasteiger partial charge in [0.1, 0.15) is 17.2 Å². The molecule has 1 N–H and O–H groups in total. The van der Waals surface area contributed by atoms with Crippen molar-refractivity contribution < 1.29 is 22.7 Å². The van der Waals surface area contributed by atoms with E-state index < -0.39 is 17.8 Å². The number of nitrogens with zero attached hydrogens (tertiary/aromatic N) is 4. The highest BCUT2D eigenvalue weighted by Gasteiger charge is 2.32. The van der Waals surface area contributed by atoms with Crippen LogP contribution < -0.4 is 10.1 Å². The minimum Gasteiger partial charge on any atom is -0.478 e. The molecular weight excluding hydrogens is 339 g/mol. The van der Waals surface area contributed by atoms with E-state index in [2.05, 4.69) is 20.3 Å². The SMILES string of the molecule is COc1nc(C(=O)Nc2cccc(C(F)(F)F)n2)cn2cc(C)nc12. The van der Waals surface area contributed by atoms with Gasteiger partial charge < -0.3 is 10.1 Å². The minimum absolute atomic E-state index is 0.0547. The monoisotopic (exact) mass is 351 g/mol. The maximum Gasteiger partial charge on any atom is 0.433 e. The lowest BCUT2D eigenvalue weighted by Gasteiger charge is -2.09. The van der Waals surface area contributed by atoms with E-state index in [1.165, 1.54) is 19.4 Å². The summed E-state index contributed by atoms with van der Waals surface area (Å²) in [6, 6.07) is 3.23. The summed E-state index contributed by atoms with van der Waals surface area (Å²) in [5.74, 6) is -0.835. The topological polar surface area (TPSA) is 81.4 Å². The number of nitrogens with one attached hydrogen (secondary N) is 1. The van der Waals surface area contributed by atoms with Crippen molar-refractivity contribution in [1.82, 2.24) is 19.4 Å². The van der Waals surface area contributed by atoms with E-state index in [0.29, 0.717) is 11.3 Å². The maximum absolute atomic E-state index is 12.7. The molecule has 0 radical (unpaired) electrons. The second-order valence-corrected chi connectivity index (χ2v) is 5.11. The Bertz CT molecular complexity index is 952. The van der Waals surface area contributed by atoms with Crippen molar-refractivity contribution >= 4 is 17.4 Å². The molecule has 0 saturated carbocycles. The molecule has 0 atom stereocenters. The molecule has 0 fully saturated rings. The van der Waals surface area contributed by atoms with Crippen LogP contribution in [0.4, 0.5) is 19.0 Å². The molecule has 25 heavy (non-hydrogen) atoms. The number of aryl methyl sites for hydroxylation is 1. The van der Waals surface area contributed by atoms with Crippen LogP contribution in [0.15, 0.2) is 30.6 Å². The normalized spacial score (nSPS) is 11.6. The number of carbonyl (C=O) groups excluding carboxylic acids is 1. The van der Waals surface area contributed by atoms with Gasteiger partial charge in [0.05, 0.1) is 12.8 Å². The van der Waals surface area contributed by atoms with Gasteiger partial charge in [-0.25, -0.2) is 15.0 Å². The fourth-order valence-electron chi connectivity index (χ4n) is 2.18. The Balaban J connectivity index is 1.92. The molecule has 1 amide bonds. The standard InChI is InChI=1S/C15H12F3N5O2/c1-8-6-23-7-9(20-14(25-2)12(23)19-8)13(24)22-11-5-3-4-10(21-11)15(16,17)18/h3-7H,1-2H3,(H,21,22,24). The summed E-state index contributed by atoms with van der Waals surface area (Å²) < 4.78 is 44.7. The number of amides is 1. The molecule has 3 aromatic heterocycles. The van der Waals surface area contributed by atoms with Crippen LogP contribution in [0.2, 0.25) is 0 Å². The highest BCUT2D eigenvalue weighted by molar-refractivity contribution is 6.02. The summed E-state index contributed by atoms with van der Waals surface area (Å²) in [7, 11) is 1.38. The van der Waals surface area contributed by atoms with Crippen LogP contribution in [0.25, 0.3) is 5.65 Å². The lowest BCUT2D eigenvalue weighted by Crippen LogP contribution is -2.17. The summed E-state index contributed by atoms with van der Waals surface area (Å²) in [6.45, 7) is 1.76. The third-order valence-electron chi connectivity index (χ3n) is 3.23. The third-order valence-corrected chi connectivity index (χ3v) is 3.23. The van der Waals surface area contributed by atoms with Gasteiger partial charge >= 0.3 is 6.18 Å². The number of pyridine rings is 1. The van der Waals surface area contributed by atoms with Crippen LogP contribution in [0.1, 0.15) is 21.9 Å². The highest BCUT2D eigenvalue weighted by atomic mass is 19.4. The van der Waals surface area contributed by atoms with Crippen molar-refractivity contribution in [1.29, 1.82) is 0 Å². The Morgan fingerprint density at radius 1 is 1.20 bits per heavy atom. The van der Waals surface area contributed by atoms with Crippen LogP contribution >= 0.6 is 0 Å². The summed E-state index contributed by atoms with van der Waals surface area (Å²) in [6.07, 6.45) is -1.53. The Morgan fingerprint density at radius 2 is 1.96 bits per heavy atom. The zero-order chi connectivity index (χ0) is 18.2. The molecule has 0 unspecified atom stereocenters. The van der Waals surface area contributed by atoms with Crippen molar-refractivity contribution in [3.8, 4) is 5.88 Å². The smallest absolute Gasteiger partial charge is 0.433 e. The largest absolute Gasteiger partial charge is 0.478 e. The average Bonchev–Trinajstić information content (AvgIpc) is 2.93. The third kappa shape index (κ3) is 3.37. The molecule has 130 valence electrons. The summed E-state index contributed by atoms with van der Waals surface area (Å²) >= 11 is 0. The number of rotatable bonds is 3. The van der Waals surface area contributed by atoms with E-state index >= 15 is 0 Å². The van der Waals surface area contributed by atoms with Crippen molar-refractivity contribution in [3.63, 3.8) is 0 Å². The van der Waals surface area contributed by atoms with Gasteiger partial charge in [-0.3, -0.25) is 9.20 Å². The van der Waals surface area contributed by atoms with E-state index in [9.17, 15) is 18.0 Å². The number of carbonyl (C=O) groups is 1. The van der Waals surface area contributed by atoms with E-state index in [1.807, 2.05) is 0 Å². The first-order valence-corrected chi connectivity index (χ1v) is 7.04. The number of aromatic nitrogens is 4. The van der Waals surface area contributed by atoms with E-state index in [4.69, 9.17) is 4.74 Å². The Hall–Kier alpha value is -3.17. The lowest BCUT2D eigenvalue weighted by atomic mass is 10.3. The van der Waals surface area contributed by atoms with Gasteiger partial charge in [0.2, 0.25) is 5.65 Å². The first-order valence-electron chi connectivity index (χ1n) is 7.04. The minimum atomic E-state index is -4.60. The summed E-state index contributed by atoms with van der Waals surface area (Å²) in [4.78, 5) is 23.9. The first-order chi connectivity index (χ1) is 11.8. The number of hydrogen-bond donors (Lipinski definition) is 1. The van der Waals surface area contributed by atoms with Gasteiger partial charge in [0.15, 0.2) is 0 Å². The molecule has 3 rings (SSSR count). The van der Waals surface area contributed by atoms with E-state index in [0.717, 1.165) is 12.1 Å². The summed E-state index contributed by atoms with van der Waals surface area (Å²) in [5.41, 5.74) is -0.0385. The molecular formula is C15H12F3N5O2. The van der Waals surface area contributed by atoms with Gasteiger partial charge in [-0.15, -0.1) is 0 Å². The molecule has 10 heteroatoms. The Kier molecular flexibility index (Phi) is 4.03. The van der Waals surface area contributed by atoms with Crippen molar-refractivity contribution in [2.75, 3.05) is 12.4 Å². The lowest BCUT2D eigenvalue weighted by molar-refractivity contribution is -0.141. The highest BCUT2D eigenvalue weighted by Crippen LogP contribution is 2.28. The molecule has 0 aliphatic rings. The molecule has 0 aliphatic carbocycles. The average molecular weight is 351 g/mol. The van der Waals surface area contributed by atoms with E-state index in [-0.39, 0.29) is 17.4 Å². The van der Waals surface area contributed by atoms with Crippen LogP contribution in [0.3, 0.4) is 0 Å². The number of anilines is 1. The maximum atomic E-state index is 12.7. The van der Waals surface area contributed by atoms with Gasteiger partial charge in [0, 0.05) is 12.4 Å². The number of imidazole rings is 1. The fraction of sp³-hybridized carbons (Fsp3) is 0.200. The first kappa shape index (κ1) is 16.7. The predicted molar refractivity (Wildman–Crippen MR) is 81.5 cm³/mol. The van der Waals surface area contributed by atoms with Crippen LogP contribution in [-0.4, -0.2) is 32.4 Å². The quantitative estimate of drug-likeness (QED) is 0.785. The van der Waals surface area contributed by atoms with Crippen LogP contribution in [0.5, 0.6) is 5.88 Å². The van der Waals surface area contributed by atoms with Crippen LogP contribution in [0, 0.1) is 6.92 Å². The number of ether oxygens (including phenoxy) is 1. The number of alkyl halides is 3. The zero-order valence-corrected chi connectivity index (χ0v) is 13.1. The molecule has 0 aromatic carbocycles. The number of methoxy groups -OCH3 is 1. The predicted octanol–water partition coefficient (Wildman–Crippen LogP) is 2.71. The second kappa shape index (κ2) is 6.04. The van der Waals surface area contributed by atoms with Gasteiger partial charge in [-0.1, -0.05) is 6.07 Å². The Labute approximate surface area is 139 Å². The number of fused-ring (bicyclic) bond motifs is 1. The van der Waals surface area contributed by atoms with Crippen LogP contribution in [-0.2, 0) is 6.18 Å². The second-order valence-electron chi connectivity index (χ2n) is 5.11. The molecule has 3 heterocycles. The van der Waals surface area contributed by atoms with Crippen molar-refractivity contribution in [2.24, 2.45) is 0 Å². The Morgan fingerprint density at radius 3 is 2.64 bits per heavy atom. The zero-order valence-electron chi connectivity index (χ0n) is 13.1. The van der Waals surface area contributed by atoms with E-state index in [1.54, 1.807) is 17.5 Å². The molecule has 0 aliphatic heterocycles. The van der Waals surface area contributed by atoms with Gasteiger partial charge in [-0.2, -0.15) is 13.2 Å². The molecule has 0 bridgehead atoms. The fourth-order valence-corrected chi connectivity index (χ4v) is 2.18. The number of hydrogen-bond acceptors (Lipinski definition) is 5. The van der Waals surface area contributed by atoms with Gasteiger partial charge in [0.25, 0.3) is 11.8 Å². The van der Waals surface area contributed by atoms with Gasteiger partial charge in [-0.05, 0) is 19.1 Å². The molecule has 3 aromatic rings.